The maximum absolute atomic E-state index is 13.2. The Balaban J connectivity index is 1.63. The lowest BCUT2D eigenvalue weighted by molar-refractivity contribution is 0.447. The molecular weight excluding hydrogens is 393 g/mol. The molecule has 0 atom stereocenters. The zero-order valence-corrected chi connectivity index (χ0v) is 16.6. The van der Waals surface area contributed by atoms with E-state index in [0.717, 1.165) is 47.0 Å². The zero-order valence-electron chi connectivity index (χ0n) is 15.9. The summed E-state index contributed by atoms with van der Waals surface area (Å²) >= 11 is 6.08. The van der Waals surface area contributed by atoms with Gasteiger partial charge < -0.3 is 4.57 Å². The van der Waals surface area contributed by atoms with Crippen molar-refractivity contribution in [1.29, 1.82) is 0 Å². The molecule has 0 aromatic carbocycles. The molecule has 4 aromatic rings. The molecule has 150 valence electrons. The van der Waals surface area contributed by atoms with E-state index in [9.17, 15) is 9.18 Å². The van der Waals surface area contributed by atoms with Crippen LogP contribution in [0, 0.1) is 0 Å². The smallest absolute Gasteiger partial charge is 0.329 e. The Bertz CT molecular complexity index is 1250. The third-order valence-electron chi connectivity index (χ3n) is 5.57. The second-order valence-corrected chi connectivity index (χ2v) is 7.94. The van der Waals surface area contributed by atoms with Crippen molar-refractivity contribution < 1.29 is 4.39 Å². The maximum Gasteiger partial charge on any atom is 0.329 e. The number of nitrogens with zero attached hydrogens (tertiary/aromatic N) is 5. The van der Waals surface area contributed by atoms with Gasteiger partial charge in [-0.25, -0.2) is 9.78 Å². The normalized spacial score (nSPS) is 14.3. The number of hydrogen-bond donors (Lipinski definition) is 0. The molecule has 1 saturated carbocycles. The number of rotatable bonds is 7. The molecule has 1 aliphatic rings. The lowest BCUT2D eigenvalue weighted by Crippen LogP contribution is -2.25. The molecule has 1 aliphatic carbocycles. The first-order valence-corrected chi connectivity index (χ1v) is 10.3. The number of fused-ring (bicyclic) bond motifs is 2. The summed E-state index contributed by atoms with van der Waals surface area (Å²) in [7, 11) is 0. The summed E-state index contributed by atoms with van der Waals surface area (Å²) in [6.45, 7) is 0.739. The summed E-state index contributed by atoms with van der Waals surface area (Å²) < 4.78 is 18.4. The minimum Gasteiger partial charge on any atom is -0.342 e. The van der Waals surface area contributed by atoms with Crippen LogP contribution in [-0.2, 0) is 13.1 Å². The van der Waals surface area contributed by atoms with Crippen LogP contribution in [0.15, 0.2) is 41.5 Å². The summed E-state index contributed by atoms with van der Waals surface area (Å²) in [5.41, 5.74) is 4.42. The van der Waals surface area contributed by atoms with Gasteiger partial charge in [-0.1, -0.05) is 11.6 Å². The van der Waals surface area contributed by atoms with Crippen LogP contribution in [0.1, 0.15) is 37.4 Å². The first-order valence-electron chi connectivity index (χ1n) is 9.93. The van der Waals surface area contributed by atoms with Crippen molar-refractivity contribution in [2.75, 3.05) is 6.67 Å². The Labute approximate surface area is 171 Å². The summed E-state index contributed by atoms with van der Waals surface area (Å²) in [6, 6.07) is 7.85. The fourth-order valence-corrected chi connectivity index (χ4v) is 4.21. The van der Waals surface area contributed by atoms with Crippen molar-refractivity contribution in [2.24, 2.45) is 0 Å². The third-order valence-corrected chi connectivity index (χ3v) is 5.78. The van der Waals surface area contributed by atoms with Crippen LogP contribution in [0.5, 0.6) is 0 Å². The molecule has 0 unspecified atom stereocenters. The Morgan fingerprint density at radius 2 is 1.97 bits per heavy atom. The van der Waals surface area contributed by atoms with Crippen LogP contribution in [0.4, 0.5) is 4.39 Å². The van der Waals surface area contributed by atoms with Gasteiger partial charge in [-0.15, -0.1) is 0 Å². The predicted octanol–water partition coefficient (Wildman–Crippen LogP) is 4.33. The van der Waals surface area contributed by atoms with Crippen LogP contribution in [0.3, 0.4) is 0 Å². The van der Waals surface area contributed by atoms with Gasteiger partial charge in [0.2, 0.25) is 0 Å². The fourth-order valence-electron chi connectivity index (χ4n) is 4.05. The summed E-state index contributed by atoms with van der Waals surface area (Å²) in [5.74, 6) is 0. The molecule has 0 saturated heterocycles. The van der Waals surface area contributed by atoms with Gasteiger partial charge in [-0.05, 0) is 49.9 Å². The number of hydrogen-bond acceptors (Lipinski definition) is 3. The Morgan fingerprint density at radius 1 is 1.10 bits per heavy atom. The van der Waals surface area contributed by atoms with Crippen molar-refractivity contribution >= 4 is 33.7 Å². The van der Waals surface area contributed by atoms with E-state index in [-0.39, 0.29) is 18.4 Å². The van der Waals surface area contributed by atoms with Gasteiger partial charge in [0.05, 0.1) is 41.5 Å². The highest BCUT2D eigenvalue weighted by atomic mass is 35.5. The van der Waals surface area contributed by atoms with Gasteiger partial charge in [0.25, 0.3) is 0 Å². The lowest BCUT2D eigenvalue weighted by Gasteiger charge is -2.11. The van der Waals surface area contributed by atoms with Gasteiger partial charge in [0, 0.05) is 24.5 Å². The minimum atomic E-state index is -0.335. The molecule has 0 aliphatic heterocycles. The summed E-state index contributed by atoms with van der Waals surface area (Å²) in [4.78, 5) is 21.9. The van der Waals surface area contributed by atoms with Gasteiger partial charge in [-0.3, -0.25) is 18.5 Å². The highest BCUT2D eigenvalue weighted by Crippen LogP contribution is 2.36. The molecule has 6 nitrogen and oxygen atoms in total. The quantitative estimate of drug-likeness (QED) is 0.334. The number of aryl methyl sites for hydroxylation is 1. The Kier molecular flexibility index (Phi) is 4.62. The van der Waals surface area contributed by atoms with Crippen LogP contribution in [0.25, 0.3) is 22.1 Å². The van der Waals surface area contributed by atoms with E-state index in [1.807, 2.05) is 22.8 Å². The second-order valence-electron chi connectivity index (χ2n) is 7.56. The SMILES string of the molecule is O=c1n(Cc2cc3nc(Cl)ccc3n2CCCCF)c2cnccc2n1C1CC1. The summed E-state index contributed by atoms with van der Waals surface area (Å²) in [5, 5.41) is 0.427. The highest BCUT2D eigenvalue weighted by Gasteiger charge is 2.29. The number of unbranched alkanes of at least 4 members (excludes halogenated alkanes) is 1. The topological polar surface area (TPSA) is 57.6 Å². The molecule has 4 aromatic heterocycles. The van der Waals surface area contributed by atoms with Crippen LogP contribution < -0.4 is 5.69 Å². The van der Waals surface area contributed by atoms with Crippen LogP contribution in [-0.4, -0.2) is 30.3 Å². The maximum atomic E-state index is 13.2. The molecule has 5 rings (SSSR count). The Hall–Kier alpha value is -2.67. The number of aromatic nitrogens is 5. The van der Waals surface area contributed by atoms with Crippen molar-refractivity contribution in [2.45, 2.75) is 44.8 Å². The molecule has 0 bridgehead atoms. The van der Waals surface area contributed by atoms with Crippen LogP contribution in [0.2, 0.25) is 5.15 Å². The minimum absolute atomic E-state index is 0.0120. The van der Waals surface area contributed by atoms with Crippen LogP contribution >= 0.6 is 11.6 Å². The standard InChI is InChI=1S/C21H21ClFN5O/c22-20-6-5-17-16(25-20)11-15(26(17)10-2-1-8-23)13-27-19-12-24-9-7-18(19)28(21(27)29)14-3-4-14/h5-7,9,11-12,14H,1-4,8,10,13H2. The molecule has 0 radical (unpaired) electrons. The van der Waals surface area contributed by atoms with Gasteiger partial charge >= 0.3 is 5.69 Å². The van der Waals surface area contributed by atoms with Crippen molar-refractivity contribution in [3.63, 3.8) is 0 Å². The average Bonchev–Trinajstić information content (AvgIpc) is 3.44. The largest absolute Gasteiger partial charge is 0.342 e. The monoisotopic (exact) mass is 413 g/mol. The van der Waals surface area contributed by atoms with E-state index in [1.54, 1.807) is 23.0 Å². The summed E-state index contributed by atoms with van der Waals surface area (Å²) in [6.07, 6.45) is 6.77. The molecule has 8 heteroatoms. The van der Waals surface area contributed by atoms with Gasteiger partial charge in [0.1, 0.15) is 5.15 Å². The Morgan fingerprint density at radius 3 is 2.76 bits per heavy atom. The van der Waals surface area contributed by atoms with Gasteiger partial charge in [-0.2, -0.15) is 0 Å². The first-order chi connectivity index (χ1) is 14.2. The van der Waals surface area contributed by atoms with E-state index in [2.05, 4.69) is 14.5 Å². The fraction of sp³-hybridized carbons (Fsp3) is 0.381. The zero-order chi connectivity index (χ0) is 20.0. The second kappa shape index (κ2) is 7.30. The first kappa shape index (κ1) is 18.4. The number of imidazole rings is 1. The van der Waals surface area contributed by atoms with E-state index in [1.165, 1.54) is 0 Å². The lowest BCUT2D eigenvalue weighted by atomic mass is 10.3. The predicted molar refractivity (Wildman–Crippen MR) is 111 cm³/mol. The third kappa shape index (κ3) is 3.23. The van der Waals surface area contributed by atoms with E-state index < -0.39 is 0 Å². The molecule has 0 amide bonds. The van der Waals surface area contributed by atoms with Crippen molar-refractivity contribution in [3.05, 3.63) is 58.0 Å². The van der Waals surface area contributed by atoms with Gasteiger partial charge in [0.15, 0.2) is 0 Å². The van der Waals surface area contributed by atoms with E-state index >= 15 is 0 Å². The van der Waals surface area contributed by atoms with E-state index in [0.29, 0.717) is 24.7 Å². The molecule has 1 fully saturated rings. The average molecular weight is 414 g/mol. The van der Waals surface area contributed by atoms with Crippen molar-refractivity contribution in [1.82, 2.24) is 23.7 Å². The number of alkyl halides is 1. The molecule has 29 heavy (non-hydrogen) atoms. The number of pyridine rings is 2. The molecule has 0 N–H and O–H groups in total. The molecule has 0 spiro atoms. The number of halogens is 2. The highest BCUT2D eigenvalue weighted by molar-refractivity contribution is 6.29. The van der Waals surface area contributed by atoms with E-state index in [4.69, 9.17) is 11.6 Å². The van der Waals surface area contributed by atoms with Crippen molar-refractivity contribution in [3.8, 4) is 0 Å². The molecule has 4 heterocycles. The molecular formula is C21H21ClFN5O.